The lowest BCUT2D eigenvalue weighted by molar-refractivity contribution is 0.612. The van der Waals surface area contributed by atoms with Crippen LogP contribution in [0.2, 0.25) is 0 Å². The van der Waals surface area contributed by atoms with Crippen molar-refractivity contribution in [3.8, 4) is 16.9 Å². The van der Waals surface area contributed by atoms with E-state index in [1.807, 2.05) is 37.4 Å². The van der Waals surface area contributed by atoms with Crippen molar-refractivity contribution in [1.82, 2.24) is 19.7 Å². The number of aryl methyl sites for hydroxylation is 2. The molecule has 0 fully saturated rings. The Balaban J connectivity index is 1.35. The van der Waals surface area contributed by atoms with Gasteiger partial charge in [0.15, 0.2) is 0 Å². The van der Waals surface area contributed by atoms with E-state index >= 15 is 0 Å². The standard InChI is InChI=1S/C29H26N4O/c1-19-10-13-26(32-31-19)22-14-15-33(29(34)17-22)23-11-12-24-25-16-21(20-6-3-2-4-7-20)8-5-9-27(25)30-28(24)18-23/h2-4,6-7,10-15,17-18,21,30H,5,8-9,16H2,1H3. The number of H-pyrrole nitrogens is 1. The number of rotatable bonds is 3. The van der Waals surface area contributed by atoms with Crippen LogP contribution >= 0.6 is 0 Å². The Morgan fingerprint density at radius 3 is 2.65 bits per heavy atom. The lowest BCUT2D eigenvalue weighted by atomic mass is 9.90. The zero-order valence-corrected chi connectivity index (χ0v) is 19.2. The van der Waals surface area contributed by atoms with Crippen LogP contribution in [-0.4, -0.2) is 19.7 Å². The summed E-state index contributed by atoms with van der Waals surface area (Å²) in [4.78, 5) is 16.6. The van der Waals surface area contributed by atoms with Gasteiger partial charge in [-0.1, -0.05) is 36.4 Å². The fourth-order valence-corrected chi connectivity index (χ4v) is 5.18. The van der Waals surface area contributed by atoms with Gasteiger partial charge in [-0.25, -0.2) is 0 Å². The number of nitrogens with zero attached hydrogens (tertiary/aromatic N) is 3. The molecule has 5 aromatic rings. The molecule has 0 aliphatic heterocycles. The van der Waals surface area contributed by atoms with Gasteiger partial charge in [0.05, 0.1) is 17.1 Å². The minimum Gasteiger partial charge on any atom is -0.358 e. The van der Waals surface area contributed by atoms with Crippen molar-refractivity contribution in [2.45, 2.75) is 38.5 Å². The molecule has 34 heavy (non-hydrogen) atoms. The van der Waals surface area contributed by atoms with Gasteiger partial charge in [0.25, 0.3) is 5.56 Å². The van der Waals surface area contributed by atoms with E-state index in [-0.39, 0.29) is 5.56 Å². The number of pyridine rings is 1. The van der Waals surface area contributed by atoms with Gasteiger partial charge in [-0.2, -0.15) is 10.2 Å². The average molecular weight is 447 g/mol. The molecule has 1 unspecified atom stereocenters. The summed E-state index contributed by atoms with van der Waals surface area (Å²) in [7, 11) is 0. The van der Waals surface area contributed by atoms with E-state index < -0.39 is 0 Å². The maximum absolute atomic E-state index is 13.0. The number of benzene rings is 2. The van der Waals surface area contributed by atoms with Gasteiger partial charge in [-0.15, -0.1) is 0 Å². The molecule has 6 rings (SSSR count). The zero-order chi connectivity index (χ0) is 23.1. The van der Waals surface area contributed by atoms with Crippen LogP contribution < -0.4 is 5.56 Å². The number of hydrogen-bond donors (Lipinski definition) is 1. The summed E-state index contributed by atoms with van der Waals surface area (Å²) in [6, 6.07) is 24.5. The van der Waals surface area contributed by atoms with E-state index in [1.165, 1.54) is 35.0 Å². The molecule has 5 heteroatoms. The second kappa shape index (κ2) is 8.41. The van der Waals surface area contributed by atoms with Crippen molar-refractivity contribution < 1.29 is 0 Å². The molecule has 0 saturated heterocycles. The molecule has 1 aliphatic carbocycles. The first-order valence-corrected chi connectivity index (χ1v) is 11.9. The summed E-state index contributed by atoms with van der Waals surface area (Å²) >= 11 is 0. The van der Waals surface area contributed by atoms with Gasteiger partial charge in [-0.3, -0.25) is 9.36 Å². The third-order valence-corrected chi connectivity index (χ3v) is 6.97. The topological polar surface area (TPSA) is 63.6 Å². The highest BCUT2D eigenvalue weighted by atomic mass is 16.1. The minimum absolute atomic E-state index is 0.0866. The van der Waals surface area contributed by atoms with Crippen molar-refractivity contribution >= 4 is 10.9 Å². The number of aromatic nitrogens is 4. The van der Waals surface area contributed by atoms with Crippen LogP contribution in [0.3, 0.4) is 0 Å². The third kappa shape index (κ3) is 3.73. The van der Waals surface area contributed by atoms with Gasteiger partial charge < -0.3 is 4.98 Å². The third-order valence-electron chi connectivity index (χ3n) is 6.97. The number of nitrogens with one attached hydrogen (secondary N) is 1. The first-order chi connectivity index (χ1) is 16.7. The van der Waals surface area contributed by atoms with Crippen LogP contribution in [0.1, 0.15) is 41.3 Å². The van der Waals surface area contributed by atoms with E-state index in [9.17, 15) is 4.79 Å². The molecule has 0 radical (unpaired) electrons. The molecule has 0 bridgehead atoms. The molecular formula is C29H26N4O. The van der Waals surface area contributed by atoms with Crippen LogP contribution in [-0.2, 0) is 12.8 Å². The fraction of sp³-hybridized carbons (Fsp3) is 0.207. The number of aromatic amines is 1. The maximum Gasteiger partial charge on any atom is 0.255 e. The molecule has 3 heterocycles. The highest BCUT2D eigenvalue weighted by molar-refractivity contribution is 5.86. The molecule has 5 nitrogen and oxygen atoms in total. The van der Waals surface area contributed by atoms with E-state index in [1.54, 1.807) is 10.6 Å². The number of fused-ring (bicyclic) bond motifs is 3. The maximum atomic E-state index is 13.0. The Morgan fingerprint density at radius 1 is 0.971 bits per heavy atom. The van der Waals surface area contributed by atoms with Crippen LogP contribution in [0.4, 0.5) is 0 Å². The van der Waals surface area contributed by atoms with Crippen LogP contribution in [0, 0.1) is 6.92 Å². The molecule has 0 amide bonds. The fourth-order valence-electron chi connectivity index (χ4n) is 5.18. The Kier molecular flexibility index (Phi) is 5.10. The summed E-state index contributed by atoms with van der Waals surface area (Å²) in [6.45, 7) is 1.90. The van der Waals surface area contributed by atoms with Crippen LogP contribution in [0.5, 0.6) is 0 Å². The molecule has 1 atom stereocenters. The normalized spacial score (nSPS) is 15.7. The van der Waals surface area contributed by atoms with E-state index in [0.29, 0.717) is 11.6 Å². The second-order valence-corrected chi connectivity index (χ2v) is 9.20. The van der Waals surface area contributed by atoms with Crippen LogP contribution in [0.15, 0.2) is 83.8 Å². The molecule has 1 aliphatic rings. The van der Waals surface area contributed by atoms with Gasteiger partial charge in [-0.05, 0) is 80.0 Å². The van der Waals surface area contributed by atoms with E-state index in [2.05, 4.69) is 57.6 Å². The number of hydrogen-bond acceptors (Lipinski definition) is 3. The Hall–Kier alpha value is -3.99. The molecular weight excluding hydrogens is 420 g/mol. The summed E-state index contributed by atoms with van der Waals surface area (Å²) < 4.78 is 1.68. The SMILES string of the molecule is Cc1ccc(-c2ccn(-c3ccc4c5c([nH]c4c3)CCCC(c3ccccc3)C5)c(=O)c2)nn1. The molecule has 2 aromatic carbocycles. The lowest BCUT2D eigenvalue weighted by Gasteiger charge is -2.15. The summed E-state index contributed by atoms with van der Waals surface area (Å²) in [5, 5.41) is 9.57. The molecule has 1 N–H and O–H groups in total. The molecule has 168 valence electrons. The van der Waals surface area contributed by atoms with Crippen LogP contribution in [0.25, 0.3) is 27.8 Å². The monoisotopic (exact) mass is 446 g/mol. The summed E-state index contributed by atoms with van der Waals surface area (Å²) in [5.74, 6) is 0.543. The molecule has 3 aromatic heterocycles. The first-order valence-electron chi connectivity index (χ1n) is 11.9. The summed E-state index contributed by atoms with van der Waals surface area (Å²) in [5.41, 5.74) is 8.37. The second-order valence-electron chi connectivity index (χ2n) is 9.20. The van der Waals surface area contributed by atoms with Crippen molar-refractivity contribution in [2.75, 3.05) is 0 Å². The predicted molar refractivity (Wildman–Crippen MR) is 135 cm³/mol. The molecule has 0 spiro atoms. The highest BCUT2D eigenvalue weighted by Gasteiger charge is 2.22. The average Bonchev–Trinajstić information content (AvgIpc) is 3.06. The minimum atomic E-state index is -0.0866. The van der Waals surface area contributed by atoms with Gasteiger partial charge in [0, 0.05) is 34.4 Å². The van der Waals surface area contributed by atoms with Crippen molar-refractivity contribution in [2.24, 2.45) is 0 Å². The lowest BCUT2D eigenvalue weighted by Crippen LogP contribution is -2.16. The summed E-state index contributed by atoms with van der Waals surface area (Å²) in [6.07, 6.45) is 6.31. The Morgan fingerprint density at radius 2 is 1.85 bits per heavy atom. The predicted octanol–water partition coefficient (Wildman–Crippen LogP) is 5.75. The Bertz CT molecular complexity index is 1530. The van der Waals surface area contributed by atoms with E-state index in [4.69, 9.17) is 0 Å². The van der Waals surface area contributed by atoms with Crippen molar-refractivity contribution in [3.05, 3.63) is 112 Å². The quantitative estimate of drug-likeness (QED) is 0.359. The van der Waals surface area contributed by atoms with Gasteiger partial charge in [0.2, 0.25) is 0 Å². The largest absolute Gasteiger partial charge is 0.358 e. The van der Waals surface area contributed by atoms with Crippen molar-refractivity contribution in [1.29, 1.82) is 0 Å². The smallest absolute Gasteiger partial charge is 0.255 e. The van der Waals surface area contributed by atoms with E-state index in [0.717, 1.165) is 35.3 Å². The van der Waals surface area contributed by atoms with Gasteiger partial charge in [0.1, 0.15) is 0 Å². The highest BCUT2D eigenvalue weighted by Crippen LogP contribution is 2.36. The van der Waals surface area contributed by atoms with Crippen molar-refractivity contribution in [3.63, 3.8) is 0 Å². The molecule has 0 saturated carbocycles. The zero-order valence-electron chi connectivity index (χ0n) is 19.2. The Labute approximate surface area is 198 Å². The van der Waals surface area contributed by atoms with Gasteiger partial charge >= 0.3 is 0 Å². The first kappa shape index (κ1) is 20.6.